The molecule has 1 unspecified atom stereocenters. The van der Waals surface area contributed by atoms with E-state index >= 15 is 0 Å². The van der Waals surface area contributed by atoms with E-state index in [0.717, 1.165) is 4.31 Å². The van der Waals surface area contributed by atoms with E-state index in [9.17, 15) is 22.8 Å². The summed E-state index contributed by atoms with van der Waals surface area (Å²) in [5, 5.41) is 5.19. The highest BCUT2D eigenvalue weighted by Crippen LogP contribution is 2.37. The SMILES string of the molecule is CC1CC(=O)Nc2ccccc2N1C(=O)CN(C)S(=O)(=O)c1cc2c(cc1Cl)NC(=O)CO2. The third-order valence-electron chi connectivity index (χ3n) is 5.34. The van der Waals surface area contributed by atoms with E-state index in [1.807, 2.05) is 0 Å². The summed E-state index contributed by atoms with van der Waals surface area (Å²) in [6.07, 6.45) is 0.0661. The minimum Gasteiger partial charge on any atom is -0.482 e. The Labute approximate surface area is 195 Å². The summed E-state index contributed by atoms with van der Waals surface area (Å²) in [7, 11) is -2.92. The normalized spacial score (nSPS) is 17.9. The molecule has 2 aromatic carbocycles. The van der Waals surface area contributed by atoms with Gasteiger partial charge in [0.2, 0.25) is 21.8 Å². The van der Waals surface area contributed by atoms with Gasteiger partial charge in [-0.1, -0.05) is 23.7 Å². The minimum absolute atomic E-state index is 0.0661. The van der Waals surface area contributed by atoms with Crippen LogP contribution in [0.15, 0.2) is 41.3 Å². The zero-order valence-electron chi connectivity index (χ0n) is 17.8. The van der Waals surface area contributed by atoms with E-state index in [-0.39, 0.29) is 46.2 Å². The molecule has 10 nitrogen and oxygen atoms in total. The summed E-state index contributed by atoms with van der Waals surface area (Å²) in [6.45, 7) is 0.988. The fourth-order valence-corrected chi connectivity index (χ4v) is 5.40. The number of para-hydroxylation sites is 2. The molecule has 0 bridgehead atoms. The first-order chi connectivity index (χ1) is 15.6. The molecule has 174 valence electrons. The molecule has 3 amide bonds. The smallest absolute Gasteiger partial charge is 0.262 e. The number of sulfonamides is 1. The zero-order chi connectivity index (χ0) is 23.9. The fourth-order valence-electron chi connectivity index (χ4n) is 3.77. The highest BCUT2D eigenvalue weighted by molar-refractivity contribution is 7.89. The number of rotatable bonds is 4. The molecule has 0 saturated heterocycles. The maximum atomic E-state index is 13.2. The number of carbonyl (C=O) groups excluding carboxylic acids is 3. The van der Waals surface area contributed by atoms with Gasteiger partial charge in [0.25, 0.3) is 5.91 Å². The van der Waals surface area contributed by atoms with Crippen molar-refractivity contribution >= 4 is 56.4 Å². The van der Waals surface area contributed by atoms with Gasteiger partial charge in [0, 0.05) is 25.6 Å². The predicted molar refractivity (Wildman–Crippen MR) is 122 cm³/mol. The van der Waals surface area contributed by atoms with Gasteiger partial charge in [-0.3, -0.25) is 14.4 Å². The van der Waals surface area contributed by atoms with Crippen molar-refractivity contribution in [3.8, 4) is 5.75 Å². The van der Waals surface area contributed by atoms with Crippen molar-refractivity contribution in [1.29, 1.82) is 0 Å². The number of nitrogens with one attached hydrogen (secondary N) is 2. The molecular formula is C21H21ClN4O6S. The molecule has 33 heavy (non-hydrogen) atoms. The molecule has 1 atom stereocenters. The lowest BCUT2D eigenvalue weighted by molar-refractivity contribution is -0.120. The first-order valence-electron chi connectivity index (χ1n) is 10.0. The Bertz CT molecular complexity index is 1270. The van der Waals surface area contributed by atoms with Crippen molar-refractivity contribution in [2.24, 2.45) is 0 Å². The Hall–Kier alpha value is -3.15. The lowest BCUT2D eigenvalue weighted by Crippen LogP contribution is -2.45. The van der Waals surface area contributed by atoms with Crippen LogP contribution in [-0.4, -0.2) is 56.7 Å². The summed E-state index contributed by atoms with van der Waals surface area (Å²) >= 11 is 6.20. The van der Waals surface area contributed by atoms with Crippen LogP contribution >= 0.6 is 11.6 Å². The van der Waals surface area contributed by atoms with Crippen LogP contribution in [0.5, 0.6) is 5.75 Å². The Kier molecular flexibility index (Phi) is 6.04. The quantitative estimate of drug-likeness (QED) is 0.673. The van der Waals surface area contributed by atoms with Gasteiger partial charge in [-0.15, -0.1) is 0 Å². The fraction of sp³-hybridized carbons (Fsp3) is 0.286. The Balaban J connectivity index is 1.62. The molecule has 2 N–H and O–H groups in total. The maximum absolute atomic E-state index is 13.2. The summed E-state index contributed by atoms with van der Waals surface area (Å²) in [6, 6.07) is 8.86. The highest BCUT2D eigenvalue weighted by atomic mass is 35.5. The van der Waals surface area contributed by atoms with E-state index in [4.69, 9.17) is 16.3 Å². The second-order valence-electron chi connectivity index (χ2n) is 7.76. The van der Waals surface area contributed by atoms with Crippen molar-refractivity contribution in [3.63, 3.8) is 0 Å². The summed E-state index contributed by atoms with van der Waals surface area (Å²) in [5.41, 5.74) is 1.23. The average molecular weight is 493 g/mol. The second kappa shape index (κ2) is 8.65. The average Bonchev–Trinajstić information content (AvgIpc) is 2.86. The standard InChI is InChI=1S/C21H21ClN4O6S/c1-12-7-19(27)23-14-5-3-4-6-16(14)26(12)21(29)10-25(2)33(30,31)18-9-17-15(8-13(18)22)24-20(28)11-32-17/h3-6,8-9,12H,7,10-11H2,1-2H3,(H,23,27)(H,24,28). The van der Waals surface area contributed by atoms with E-state index in [0.29, 0.717) is 11.4 Å². The van der Waals surface area contributed by atoms with Crippen LogP contribution in [0.2, 0.25) is 5.02 Å². The van der Waals surface area contributed by atoms with Gasteiger partial charge in [0.1, 0.15) is 10.6 Å². The molecule has 2 aliphatic heterocycles. The number of amides is 3. The molecular weight excluding hydrogens is 472 g/mol. The third kappa shape index (κ3) is 4.39. The Morgan fingerprint density at radius 3 is 2.64 bits per heavy atom. The van der Waals surface area contributed by atoms with Gasteiger partial charge in [-0.2, -0.15) is 4.31 Å². The van der Waals surface area contributed by atoms with Crippen LogP contribution < -0.4 is 20.3 Å². The summed E-state index contributed by atoms with van der Waals surface area (Å²) in [5.74, 6) is -0.956. The summed E-state index contributed by atoms with van der Waals surface area (Å²) in [4.78, 5) is 38.1. The molecule has 0 aromatic heterocycles. The molecule has 0 radical (unpaired) electrons. The molecule has 12 heteroatoms. The van der Waals surface area contributed by atoms with Crippen molar-refractivity contribution in [2.75, 3.05) is 35.7 Å². The van der Waals surface area contributed by atoms with Gasteiger partial charge in [-0.05, 0) is 25.1 Å². The van der Waals surface area contributed by atoms with Crippen LogP contribution in [0.25, 0.3) is 0 Å². The number of anilines is 3. The number of hydrogen-bond acceptors (Lipinski definition) is 6. The van der Waals surface area contributed by atoms with Gasteiger partial charge in [0.15, 0.2) is 6.61 Å². The number of benzene rings is 2. The zero-order valence-corrected chi connectivity index (χ0v) is 19.4. The Morgan fingerprint density at radius 2 is 1.88 bits per heavy atom. The lowest BCUT2D eigenvalue weighted by atomic mass is 10.1. The number of nitrogens with zero attached hydrogens (tertiary/aromatic N) is 2. The monoisotopic (exact) mass is 492 g/mol. The van der Waals surface area contributed by atoms with Gasteiger partial charge in [0.05, 0.1) is 28.6 Å². The molecule has 0 aliphatic carbocycles. The highest BCUT2D eigenvalue weighted by Gasteiger charge is 2.33. The van der Waals surface area contributed by atoms with Crippen molar-refractivity contribution in [1.82, 2.24) is 4.31 Å². The van der Waals surface area contributed by atoms with E-state index in [1.54, 1.807) is 31.2 Å². The molecule has 0 spiro atoms. The number of likely N-dealkylation sites (N-methyl/N-ethyl adjacent to an activating group) is 1. The molecule has 2 aromatic rings. The largest absolute Gasteiger partial charge is 0.482 e. The van der Waals surface area contributed by atoms with Crippen molar-refractivity contribution in [3.05, 3.63) is 41.4 Å². The number of fused-ring (bicyclic) bond motifs is 2. The number of halogens is 1. The summed E-state index contributed by atoms with van der Waals surface area (Å²) < 4.78 is 32.6. The first-order valence-corrected chi connectivity index (χ1v) is 11.8. The molecule has 2 aliphatic rings. The maximum Gasteiger partial charge on any atom is 0.262 e. The molecule has 4 rings (SSSR count). The number of ether oxygens (including phenoxy) is 1. The van der Waals surface area contributed by atoms with Crippen LogP contribution in [0, 0.1) is 0 Å². The second-order valence-corrected chi connectivity index (χ2v) is 10.2. The topological polar surface area (TPSA) is 125 Å². The molecule has 0 fully saturated rings. The van der Waals surface area contributed by atoms with E-state index < -0.39 is 28.5 Å². The van der Waals surface area contributed by atoms with Crippen molar-refractivity contribution in [2.45, 2.75) is 24.3 Å². The van der Waals surface area contributed by atoms with Gasteiger partial charge in [-0.25, -0.2) is 8.42 Å². The van der Waals surface area contributed by atoms with Crippen molar-refractivity contribution < 1.29 is 27.5 Å². The molecule has 2 heterocycles. The number of carbonyl (C=O) groups is 3. The van der Waals surface area contributed by atoms with Crippen LogP contribution in [0.1, 0.15) is 13.3 Å². The van der Waals surface area contributed by atoms with E-state index in [2.05, 4.69) is 10.6 Å². The van der Waals surface area contributed by atoms with Gasteiger partial charge >= 0.3 is 0 Å². The van der Waals surface area contributed by atoms with Gasteiger partial charge < -0.3 is 20.3 Å². The molecule has 0 saturated carbocycles. The minimum atomic E-state index is -4.19. The Morgan fingerprint density at radius 1 is 1.18 bits per heavy atom. The first kappa shape index (κ1) is 23.0. The lowest BCUT2D eigenvalue weighted by Gasteiger charge is -2.29. The van der Waals surface area contributed by atoms with E-state index in [1.165, 1.54) is 24.1 Å². The van der Waals surface area contributed by atoms with Crippen LogP contribution in [0.4, 0.5) is 17.1 Å². The van der Waals surface area contributed by atoms with Crippen LogP contribution in [0.3, 0.4) is 0 Å². The number of hydrogen-bond donors (Lipinski definition) is 2. The third-order valence-corrected chi connectivity index (χ3v) is 7.61. The predicted octanol–water partition coefficient (Wildman–Crippen LogP) is 2.06. The van der Waals surface area contributed by atoms with Crippen LogP contribution in [-0.2, 0) is 24.4 Å².